The maximum Gasteiger partial charge on any atom is 0.154 e. The lowest BCUT2D eigenvalue weighted by Crippen LogP contribution is -2.30. The molecule has 6 heteroatoms. The van der Waals surface area contributed by atoms with Crippen molar-refractivity contribution < 1.29 is 17.9 Å². The lowest BCUT2D eigenvalue weighted by Gasteiger charge is -2.11. The highest BCUT2D eigenvalue weighted by Crippen LogP contribution is 2.19. The van der Waals surface area contributed by atoms with Gasteiger partial charge >= 0.3 is 0 Å². The fraction of sp³-hybridized carbons (Fsp3) is 0.500. The quantitative estimate of drug-likeness (QED) is 0.865. The summed E-state index contributed by atoms with van der Waals surface area (Å²) in [4.78, 5) is 0. The van der Waals surface area contributed by atoms with Crippen LogP contribution >= 0.6 is 0 Å². The Morgan fingerprint density at radius 2 is 2.17 bits per heavy atom. The van der Waals surface area contributed by atoms with Gasteiger partial charge in [-0.15, -0.1) is 0 Å². The van der Waals surface area contributed by atoms with E-state index < -0.39 is 15.7 Å². The van der Waals surface area contributed by atoms with Gasteiger partial charge in [0.05, 0.1) is 11.0 Å². The first-order chi connectivity index (χ1) is 8.47. The summed E-state index contributed by atoms with van der Waals surface area (Å²) in [5.41, 5.74) is 0.600. The SMILES string of the molecule is O=S1(=O)CCCC1CNCc1cc(O)cc(F)c1. The van der Waals surface area contributed by atoms with Gasteiger partial charge in [-0.3, -0.25) is 0 Å². The molecule has 1 aromatic rings. The minimum atomic E-state index is -2.94. The minimum absolute atomic E-state index is 0.125. The molecule has 0 saturated carbocycles. The number of hydrogen-bond donors (Lipinski definition) is 2. The molecule has 0 radical (unpaired) electrons. The fourth-order valence-corrected chi connectivity index (χ4v) is 4.00. The number of rotatable bonds is 4. The van der Waals surface area contributed by atoms with Gasteiger partial charge in [-0.1, -0.05) is 0 Å². The third kappa shape index (κ3) is 3.20. The van der Waals surface area contributed by atoms with Crippen LogP contribution in [0.25, 0.3) is 0 Å². The number of phenolic OH excluding ortho intramolecular Hbond substituents is 1. The minimum Gasteiger partial charge on any atom is -0.508 e. The van der Waals surface area contributed by atoms with Crippen LogP contribution in [0.5, 0.6) is 5.75 Å². The average Bonchev–Trinajstić information content (AvgIpc) is 2.57. The van der Waals surface area contributed by atoms with E-state index in [4.69, 9.17) is 0 Å². The summed E-state index contributed by atoms with van der Waals surface area (Å²) in [6.45, 7) is 0.719. The van der Waals surface area contributed by atoms with E-state index in [1.54, 1.807) is 0 Å². The van der Waals surface area contributed by atoms with Gasteiger partial charge in [0, 0.05) is 19.2 Å². The van der Waals surface area contributed by atoms with Crippen molar-refractivity contribution in [2.24, 2.45) is 0 Å². The lowest BCUT2D eigenvalue weighted by atomic mass is 10.2. The zero-order chi connectivity index (χ0) is 13.2. The van der Waals surface area contributed by atoms with Gasteiger partial charge in [-0.2, -0.15) is 0 Å². The van der Waals surface area contributed by atoms with Crippen LogP contribution in [0.1, 0.15) is 18.4 Å². The van der Waals surface area contributed by atoms with Crippen LogP contribution in [-0.2, 0) is 16.4 Å². The Labute approximate surface area is 106 Å². The molecule has 1 fully saturated rings. The van der Waals surface area contributed by atoms with E-state index in [0.29, 0.717) is 25.1 Å². The topological polar surface area (TPSA) is 66.4 Å². The molecule has 1 unspecified atom stereocenters. The summed E-state index contributed by atoms with van der Waals surface area (Å²) in [6, 6.07) is 3.81. The highest BCUT2D eigenvalue weighted by atomic mass is 32.2. The molecule has 4 nitrogen and oxygen atoms in total. The molecular formula is C12H16FNO3S. The molecule has 1 saturated heterocycles. The number of benzene rings is 1. The summed E-state index contributed by atoms with van der Waals surface area (Å²) in [6.07, 6.45) is 1.40. The van der Waals surface area contributed by atoms with Gasteiger partial charge < -0.3 is 10.4 Å². The van der Waals surface area contributed by atoms with Crippen LogP contribution in [0.3, 0.4) is 0 Å². The second-order valence-electron chi connectivity index (χ2n) is 4.58. The van der Waals surface area contributed by atoms with Crippen molar-refractivity contribution in [3.8, 4) is 5.75 Å². The number of halogens is 1. The van der Waals surface area contributed by atoms with E-state index in [-0.39, 0.29) is 16.8 Å². The molecule has 0 amide bonds. The molecule has 0 bridgehead atoms. The highest BCUT2D eigenvalue weighted by Gasteiger charge is 2.30. The summed E-state index contributed by atoms with van der Waals surface area (Å²) < 4.78 is 36.1. The first-order valence-corrected chi connectivity index (χ1v) is 7.59. The third-order valence-corrected chi connectivity index (χ3v) is 5.38. The Bertz CT molecular complexity index is 510. The van der Waals surface area contributed by atoms with Crippen LogP contribution < -0.4 is 5.32 Å². The number of aromatic hydroxyl groups is 1. The molecule has 0 aliphatic carbocycles. The van der Waals surface area contributed by atoms with Crippen molar-refractivity contribution >= 4 is 9.84 Å². The van der Waals surface area contributed by atoms with E-state index in [0.717, 1.165) is 12.5 Å². The van der Waals surface area contributed by atoms with E-state index in [1.807, 2.05) is 0 Å². The molecule has 100 valence electrons. The van der Waals surface area contributed by atoms with Gasteiger partial charge in [0.2, 0.25) is 0 Å². The van der Waals surface area contributed by atoms with E-state index in [1.165, 1.54) is 12.1 Å². The number of sulfone groups is 1. The van der Waals surface area contributed by atoms with Gasteiger partial charge in [-0.25, -0.2) is 12.8 Å². The fourth-order valence-electron chi connectivity index (χ4n) is 2.20. The maximum atomic E-state index is 13.0. The molecule has 1 aliphatic rings. The zero-order valence-electron chi connectivity index (χ0n) is 9.89. The Kier molecular flexibility index (Phi) is 3.87. The van der Waals surface area contributed by atoms with Crippen molar-refractivity contribution in [3.63, 3.8) is 0 Å². The van der Waals surface area contributed by atoms with Crippen LogP contribution in [-0.4, -0.2) is 31.1 Å². The predicted molar refractivity (Wildman–Crippen MR) is 66.6 cm³/mol. The van der Waals surface area contributed by atoms with Crippen molar-refractivity contribution in [1.82, 2.24) is 5.32 Å². The Morgan fingerprint density at radius 3 is 2.78 bits per heavy atom. The maximum absolute atomic E-state index is 13.0. The number of nitrogens with one attached hydrogen (secondary N) is 1. The highest BCUT2D eigenvalue weighted by molar-refractivity contribution is 7.92. The zero-order valence-corrected chi connectivity index (χ0v) is 10.7. The lowest BCUT2D eigenvalue weighted by molar-refractivity contribution is 0.467. The van der Waals surface area contributed by atoms with Crippen molar-refractivity contribution in [2.45, 2.75) is 24.6 Å². The van der Waals surface area contributed by atoms with Gasteiger partial charge in [-0.05, 0) is 30.5 Å². The van der Waals surface area contributed by atoms with E-state index in [2.05, 4.69) is 5.32 Å². The van der Waals surface area contributed by atoms with Crippen molar-refractivity contribution in [3.05, 3.63) is 29.6 Å². The van der Waals surface area contributed by atoms with Crippen LogP contribution in [0.15, 0.2) is 18.2 Å². The Morgan fingerprint density at radius 1 is 1.39 bits per heavy atom. The van der Waals surface area contributed by atoms with E-state index in [9.17, 15) is 17.9 Å². The standard InChI is InChI=1S/C12H16FNO3S/c13-10-4-9(5-11(15)6-10)7-14-8-12-2-1-3-18(12,16)17/h4-6,12,14-15H,1-3,7-8H2. The average molecular weight is 273 g/mol. The summed E-state index contributed by atoms with van der Waals surface area (Å²) >= 11 is 0. The van der Waals surface area contributed by atoms with Crippen molar-refractivity contribution in [1.29, 1.82) is 0 Å². The first-order valence-electron chi connectivity index (χ1n) is 5.88. The summed E-state index contributed by atoms with van der Waals surface area (Å²) in [5, 5.41) is 11.9. The largest absolute Gasteiger partial charge is 0.508 e. The Hall–Kier alpha value is -1.14. The number of hydrogen-bond acceptors (Lipinski definition) is 4. The monoisotopic (exact) mass is 273 g/mol. The molecule has 0 spiro atoms. The van der Waals surface area contributed by atoms with Gasteiger partial charge in [0.25, 0.3) is 0 Å². The summed E-state index contributed by atoms with van der Waals surface area (Å²) in [5.74, 6) is -0.360. The van der Waals surface area contributed by atoms with Gasteiger partial charge in [0.15, 0.2) is 9.84 Å². The molecule has 2 rings (SSSR count). The molecule has 18 heavy (non-hydrogen) atoms. The smallest absolute Gasteiger partial charge is 0.154 e. The predicted octanol–water partition coefficient (Wildman–Crippen LogP) is 1.20. The molecule has 1 aliphatic heterocycles. The molecule has 1 aromatic carbocycles. The third-order valence-electron chi connectivity index (χ3n) is 3.11. The second-order valence-corrected chi connectivity index (χ2v) is 6.98. The molecule has 1 heterocycles. The second kappa shape index (κ2) is 5.24. The Balaban J connectivity index is 1.89. The van der Waals surface area contributed by atoms with Crippen LogP contribution in [0.4, 0.5) is 4.39 Å². The molecule has 2 N–H and O–H groups in total. The summed E-state index contributed by atoms with van der Waals surface area (Å²) in [7, 11) is -2.94. The number of phenols is 1. The van der Waals surface area contributed by atoms with E-state index >= 15 is 0 Å². The molecular weight excluding hydrogens is 257 g/mol. The van der Waals surface area contributed by atoms with Gasteiger partial charge in [0.1, 0.15) is 11.6 Å². The normalized spacial score (nSPS) is 22.2. The molecule has 0 aromatic heterocycles. The van der Waals surface area contributed by atoms with Crippen LogP contribution in [0, 0.1) is 5.82 Å². The first kappa shape index (κ1) is 13.3. The van der Waals surface area contributed by atoms with Crippen LogP contribution in [0.2, 0.25) is 0 Å². The van der Waals surface area contributed by atoms with Crippen molar-refractivity contribution in [2.75, 3.05) is 12.3 Å². The molecule has 1 atom stereocenters.